The lowest BCUT2D eigenvalue weighted by molar-refractivity contribution is -0.123. The van der Waals surface area contributed by atoms with E-state index < -0.39 is 0 Å². The molecule has 0 aromatic rings. The van der Waals surface area contributed by atoms with Crippen LogP contribution < -0.4 is 5.32 Å². The lowest BCUT2D eigenvalue weighted by Crippen LogP contribution is -2.39. The molecule has 7 heteroatoms. The number of rotatable bonds is 2. The van der Waals surface area contributed by atoms with E-state index in [1.165, 1.54) is 19.3 Å². The van der Waals surface area contributed by atoms with Crippen molar-refractivity contribution in [1.82, 2.24) is 15.1 Å². The summed E-state index contributed by atoms with van der Waals surface area (Å²) in [5.74, 6) is -0.0692. The van der Waals surface area contributed by atoms with Gasteiger partial charge in [0.25, 0.3) is 0 Å². The Hall–Kier alpha value is -1.26. The van der Waals surface area contributed by atoms with Gasteiger partial charge in [-0.15, -0.1) is 0 Å². The van der Waals surface area contributed by atoms with Crippen molar-refractivity contribution >= 4 is 22.8 Å². The number of carbonyl (C=O) groups excluding carboxylic acids is 1. The highest BCUT2D eigenvalue weighted by Crippen LogP contribution is 2.26. The molecular formula is C14H21N5OS. The van der Waals surface area contributed by atoms with E-state index >= 15 is 0 Å². The largest absolute Gasteiger partial charge is 0.310 e. The Morgan fingerprint density at radius 1 is 1.33 bits per heavy atom. The number of piperidine rings is 1. The molecule has 3 aliphatic heterocycles. The van der Waals surface area contributed by atoms with Crippen molar-refractivity contribution in [2.45, 2.75) is 31.1 Å². The molecule has 1 N–H and O–H groups in total. The molecule has 2 saturated heterocycles. The highest BCUT2D eigenvalue weighted by atomic mass is 32.2. The number of nitrogens with one attached hydrogen (secondary N) is 1. The van der Waals surface area contributed by atoms with Crippen LogP contribution in [0.5, 0.6) is 0 Å². The Balaban J connectivity index is 1.46. The third-order valence-electron chi connectivity index (χ3n) is 4.37. The van der Waals surface area contributed by atoms with Crippen LogP contribution in [0.1, 0.15) is 25.7 Å². The Labute approximate surface area is 129 Å². The Kier molecular flexibility index (Phi) is 4.66. The predicted octanol–water partition coefficient (Wildman–Crippen LogP) is 0.820. The number of nitriles is 1. The third-order valence-corrected chi connectivity index (χ3v) is 5.54. The summed E-state index contributed by atoms with van der Waals surface area (Å²) in [6.45, 7) is 4.29. The fourth-order valence-corrected chi connectivity index (χ4v) is 4.18. The van der Waals surface area contributed by atoms with E-state index in [0.717, 1.165) is 31.2 Å². The molecule has 0 radical (unpaired) electrons. The van der Waals surface area contributed by atoms with E-state index in [4.69, 9.17) is 5.26 Å². The van der Waals surface area contributed by atoms with Gasteiger partial charge in [0.05, 0.1) is 17.8 Å². The number of amidine groups is 1. The molecule has 3 aliphatic rings. The number of hydrogen-bond acceptors (Lipinski definition) is 6. The summed E-state index contributed by atoms with van der Waals surface area (Å²) >= 11 is 1.68. The van der Waals surface area contributed by atoms with Gasteiger partial charge in [-0.25, -0.2) is 0 Å². The van der Waals surface area contributed by atoms with Crippen LogP contribution in [0, 0.1) is 17.4 Å². The van der Waals surface area contributed by atoms with Crippen LogP contribution in [-0.2, 0) is 4.79 Å². The summed E-state index contributed by atoms with van der Waals surface area (Å²) < 4.78 is 0. The average Bonchev–Trinajstić information content (AvgIpc) is 3.17. The monoisotopic (exact) mass is 307 g/mol. The molecular weight excluding hydrogens is 286 g/mol. The first-order chi connectivity index (χ1) is 10.3. The SMILES string of the molecule is N#CN1CCC(C(=O)NC2=NCC(N3CCCCC3)S2)C1. The summed E-state index contributed by atoms with van der Waals surface area (Å²) in [6.07, 6.45) is 6.73. The van der Waals surface area contributed by atoms with Crippen LogP contribution in [0.3, 0.4) is 0 Å². The summed E-state index contributed by atoms with van der Waals surface area (Å²) in [5.41, 5.74) is 0. The number of likely N-dealkylation sites (tertiary alicyclic amines) is 2. The average molecular weight is 307 g/mol. The molecule has 2 unspecified atom stereocenters. The van der Waals surface area contributed by atoms with E-state index in [2.05, 4.69) is 21.4 Å². The van der Waals surface area contributed by atoms with Crippen molar-refractivity contribution < 1.29 is 4.79 Å². The second-order valence-corrected chi connectivity index (χ2v) is 7.00. The fourth-order valence-electron chi connectivity index (χ4n) is 3.10. The van der Waals surface area contributed by atoms with Gasteiger partial charge >= 0.3 is 0 Å². The number of nitrogens with zero attached hydrogens (tertiary/aromatic N) is 4. The van der Waals surface area contributed by atoms with Gasteiger partial charge in [0.15, 0.2) is 11.4 Å². The van der Waals surface area contributed by atoms with Gasteiger partial charge in [-0.3, -0.25) is 14.7 Å². The van der Waals surface area contributed by atoms with Crippen molar-refractivity contribution in [2.24, 2.45) is 10.9 Å². The maximum Gasteiger partial charge on any atom is 0.230 e. The summed E-state index contributed by atoms with van der Waals surface area (Å²) in [5, 5.41) is 12.9. The number of thioether (sulfide) groups is 1. The molecule has 3 rings (SSSR count). The van der Waals surface area contributed by atoms with Gasteiger partial charge < -0.3 is 10.2 Å². The van der Waals surface area contributed by atoms with Gasteiger partial charge in [-0.1, -0.05) is 18.2 Å². The van der Waals surface area contributed by atoms with Crippen molar-refractivity contribution in [2.75, 3.05) is 32.7 Å². The molecule has 3 heterocycles. The molecule has 6 nitrogen and oxygen atoms in total. The van der Waals surface area contributed by atoms with Gasteiger partial charge in [0.1, 0.15) is 0 Å². The maximum atomic E-state index is 12.2. The normalized spacial score (nSPS) is 30.0. The second-order valence-electron chi connectivity index (χ2n) is 5.84. The minimum Gasteiger partial charge on any atom is -0.310 e. The number of carbonyl (C=O) groups is 1. The lowest BCUT2D eigenvalue weighted by Gasteiger charge is -2.30. The molecule has 0 aromatic heterocycles. The highest BCUT2D eigenvalue weighted by Gasteiger charge is 2.31. The van der Waals surface area contributed by atoms with Crippen LogP contribution in [0.4, 0.5) is 0 Å². The zero-order valence-corrected chi connectivity index (χ0v) is 12.9. The lowest BCUT2D eigenvalue weighted by atomic mass is 10.1. The van der Waals surface area contributed by atoms with Crippen LogP contribution in [0.15, 0.2) is 4.99 Å². The molecule has 2 fully saturated rings. The molecule has 0 aliphatic carbocycles. The molecule has 114 valence electrons. The number of amides is 1. The van der Waals surface area contributed by atoms with Crippen molar-refractivity contribution in [3.8, 4) is 6.19 Å². The summed E-state index contributed by atoms with van der Waals surface area (Å²) in [6, 6.07) is 0. The van der Waals surface area contributed by atoms with Crippen LogP contribution in [0.25, 0.3) is 0 Å². The molecule has 21 heavy (non-hydrogen) atoms. The van der Waals surface area contributed by atoms with E-state index in [1.54, 1.807) is 16.7 Å². The highest BCUT2D eigenvalue weighted by molar-refractivity contribution is 8.14. The zero-order chi connectivity index (χ0) is 14.7. The van der Waals surface area contributed by atoms with E-state index in [-0.39, 0.29) is 11.8 Å². The molecule has 0 aromatic carbocycles. The molecule has 0 bridgehead atoms. The summed E-state index contributed by atoms with van der Waals surface area (Å²) in [4.78, 5) is 20.8. The number of hydrogen-bond donors (Lipinski definition) is 1. The first kappa shape index (κ1) is 14.7. The van der Waals surface area contributed by atoms with Crippen molar-refractivity contribution in [3.63, 3.8) is 0 Å². The van der Waals surface area contributed by atoms with E-state index in [1.807, 2.05) is 0 Å². The standard InChI is InChI=1S/C14H21N5OS/c15-10-18-7-4-11(9-18)13(20)17-14-16-8-12(21-14)19-5-2-1-3-6-19/h11-12H,1-9H2,(H,16,17,20). The fraction of sp³-hybridized carbons (Fsp3) is 0.786. The van der Waals surface area contributed by atoms with Crippen LogP contribution >= 0.6 is 11.8 Å². The first-order valence-corrected chi connectivity index (χ1v) is 8.55. The molecule has 2 atom stereocenters. The number of aliphatic imine (C=N–C) groups is 1. The zero-order valence-electron chi connectivity index (χ0n) is 12.1. The van der Waals surface area contributed by atoms with Gasteiger partial charge in [0, 0.05) is 13.1 Å². The van der Waals surface area contributed by atoms with Gasteiger partial charge in [-0.2, -0.15) is 5.26 Å². The maximum absolute atomic E-state index is 12.2. The first-order valence-electron chi connectivity index (χ1n) is 7.67. The van der Waals surface area contributed by atoms with E-state index in [0.29, 0.717) is 18.5 Å². The van der Waals surface area contributed by atoms with Crippen LogP contribution in [0.2, 0.25) is 0 Å². The third kappa shape index (κ3) is 3.50. The predicted molar refractivity (Wildman–Crippen MR) is 82.5 cm³/mol. The smallest absolute Gasteiger partial charge is 0.230 e. The molecule has 0 spiro atoms. The second kappa shape index (κ2) is 6.67. The van der Waals surface area contributed by atoms with E-state index in [9.17, 15) is 4.79 Å². The van der Waals surface area contributed by atoms with Crippen molar-refractivity contribution in [3.05, 3.63) is 0 Å². The van der Waals surface area contributed by atoms with Gasteiger partial charge in [-0.05, 0) is 32.4 Å². The van der Waals surface area contributed by atoms with Crippen LogP contribution in [-0.4, -0.2) is 59.0 Å². The minimum absolute atomic E-state index is 0.0123. The molecule has 1 amide bonds. The Bertz CT molecular complexity index is 468. The topological polar surface area (TPSA) is 71.7 Å². The molecule has 0 saturated carbocycles. The summed E-state index contributed by atoms with van der Waals surface area (Å²) in [7, 11) is 0. The van der Waals surface area contributed by atoms with Crippen molar-refractivity contribution in [1.29, 1.82) is 5.26 Å². The van der Waals surface area contributed by atoms with Gasteiger partial charge in [0.2, 0.25) is 5.91 Å². The minimum atomic E-state index is -0.0815. The quantitative estimate of drug-likeness (QED) is 0.765. The Morgan fingerprint density at radius 3 is 2.86 bits per heavy atom. The Morgan fingerprint density at radius 2 is 2.14 bits per heavy atom.